The second kappa shape index (κ2) is 7.49. The van der Waals surface area contributed by atoms with Gasteiger partial charge in [0.2, 0.25) is 0 Å². The Morgan fingerprint density at radius 3 is 2.37 bits per heavy atom. The molecule has 0 heterocycles. The maximum absolute atomic E-state index is 10.5. The lowest BCUT2D eigenvalue weighted by atomic mass is 9.86. The maximum Gasteiger partial charge on any atom is 0.0938 e. The summed E-state index contributed by atoms with van der Waals surface area (Å²) in [5.41, 5.74) is 0.341. The summed E-state index contributed by atoms with van der Waals surface area (Å²) in [5, 5.41) is 11.6. The van der Waals surface area contributed by atoms with Crippen LogP contribution >= 0.6 is 23.2 Å². The van der Waals surface area contributed by atoms with Crippen LogP contribution in [0, 0.1) is 0 Å². The molecule has 2 nitrogen and oxygen atoms in total. The van der Waals surface area contributed by atoms with Gasteiger partial charge in [-0.05, 0) is 31.4 Å². The zero-order valence-corrected chi connectivity index (χ0v) is 13.3. The van der Waals surface area contributed by atoms with Gasteiger partial charge in [0.05, 0.1) is 21.8 Å². The second-order valence-corrected chi connectivity index (χ2v) is 5.42. The molecule has 0 bridgehead atoms. The third kappa shape index (κ3) is 3.85. The topological polar surface area (TPSA) is 29.5 Å². The molecule has 0 spiro atoms. The fourth-order valence-electron chi connectivity index (χ4n) is 2.41. The van der Waals surface area contributed by atoms with E-state index in [-0.39, 0.29) is 0 Å². The fraction of sp³-hybridized carbons (Fsp3) is 0.600. The Hall–Kier alpha value is -0.280. The lowest BCUT2D eigenvalue weighted by molar-refractivity contribution is -0.124. The van der Waals surface area contributed by atoms with E-state index in [2.05, 4.69) is 0 Å². The molecular weight excluding hydrogens is 283 g/mol. The van der Waals surface area contributed by atoms with Crippen LogP contribution in [0.2, 0.25) is 10.0 Å². The van der Waals surface area contributed by atoms with E-state index in [4.69, 9.17) is 27.9 Å². The van der Waals surface area contributed by atoms with Crippen molar-refractivity contribution in [2.45, 2.75) is 51.7 Å². The molecular formula is C15H22Cl2O2. The Balaban J connectivity index is 2.93. The SMILES string of the molecule is CCOC(CC)(CC)C(O)Cc1cccc(Cl)c1Cl. The average molecular weight is 305 g/mol. The van der Waals surface area contributed by atoms with Gasteiger partial charge in [-0.3, -0.25) is 0 Å². The highest BCUT2D eigenvalue weighted by molar-refractivity contribution is 6.42. The molecule has 108 valence electrons. The molecule has 0 aliphatic heterocycles. The lowest BCUT2D eigenvalue weighted by Gasteiger charge is -2.36. The molecule has 1 unspecified atom stereocenters. The quantitative estimate of drug-likeness (QED) is 0.804. The first-order valence-electron chi connectivity index (χ1n) is 6.75. The highest BCUT2D eigenvalue weighted by Crippen LogP contribution is 2.31. The molecule has 1 aromatic carbocycles. The van der Waals surface area contributed by atoms with Crippen LogP contribution in [0.25, 0.3) is 0 Å². The molecule has 1 rings (SSSR count). The van der Waals surface area contributed by atoms with Gasteiger partial charge in [0.25, 0.3) is 0 Å². The monoisotopic (exact) mass is 304 g/mol. The van der Waals surface area contributed by atoms with E-state index in [0.717, 1.165) is 18.4 Å². The Labute approximate surface area is 125 Å². The Kier molecular flexibility index (Phi) is 6.61. The van der Waals surface area contributed by atoms with Crippen LogP contribution in [-0.2, 0) is 11.2 Å². The third-order valence-corrected chi connectivity index (χ3v) is 4.54. The van der Waals surface area contributed by atoms with Crippen molar-refractivity contribution < 1.29 is 9.84 Å². The molecule has 1 N–H and O–H groups in total. The van der Waals surface area contributed by atoms with E-state index in [9.17, 15) is 5.11 Å². The number of aliphatic hydroxyl groups excluding tert-OH is 1. The zero-order chi connectivity index (χ0) is 14.5. The third-order valence-electron chi connectivity index (χ3n) is 3.68. The molecule has 0 radical (unpaired) electrons. The maximum atomic E-state index is 10.5. The summed E-state index contributed by atoms with van der Waals surface area (Å²) in [4.78, 5) is 0. The molecule has 0 aliphatic rings. The van der Waals surface area contributed by atoms with E-state index in [1.165, 1.54) is 0 Å². The summed E-state index contributed by atoms with van der Waals surface area (Å²) < 4.78 is 5.81. The summed E-state index contributed by atoms with van der Waals surface area (Å²) in [6.45, 7) is 6.59. The van der Waals surface area contributed by atoms with Gasteiger partial charge in [-0.1, -0.05) is 49.2 Å². The van der Waals surface area contributed by atoms with Crippen molar-refractivity contribution in [1.82, 2.24) is 0 Å². The second-order valence-electron chi connectivity index (χ2n) is 4.64. The summed E-state index contributed by atoms with van der Waals surface area (Å²) in [6, 6.07) is 5.48. The number of benzene rings is 1. The van der Waals surface area contributed by atoms with Crippen molar-refractivity contribution in [3.8, 4) is 0 Å². The largest absolute Gasteiger partial charge is 0.390 e. The standard InChI is InChI=1S/C15H22Cl2O2/c1-4-15(5-2,19-6-3)13(18)10-11-8-7-9-12(16)14(11)17/h7-9,13,18H,4-6,10H2,1-3H3. The highest BCUT2D eigenvalue weighted by Gasteiger charge is 2.35. The van der Waals surface area contributed by atoms with Crippen molar-refractivity contribution in [2.24, 2.45) is 0 Å². The number of hydrogen-bond donors (Lipinski definition) is 1. The van der Waals surface area contributed by atoms with E-state index >= 15 is 0 Å². The molecule has 0 amide bonds. The summed E-state index contributed by atoms with van der Waals surface area (Å²) in [5.74, 6) is 0. The number of rotatable bonds is 7. The van der Waals surface area contributed by atoms with Gasteiger partial charge >= 0.3 is 0 Å². The number of halogens is 2. The molecule has 19 heavy (non-hydrogen) atoms. The number of hydrogen-bond acceptors (Lipinski definition) is 2. The Morgan fingerprint density at radius 2 is 1.84 bits per heavy atom. The van der Waals surface area contributed by atoms with Gasteiger partial charge in [-0.25, -0.2) is 0 Å². The molecule has 0 saturated carbocycles. The highest BCUT2D eigenvalue weighted by atomic mass is 35.5. The van der Waals surface area contributed by atoms with Crippen LogP contribution in [-0.4, -0.2) is 23.4 Å². The first-order valence-corrected chi connectivity index (χ1v) is 7.51. The summed E-state index contributed by atoms with van der Waals surface area (Å²) in [7, 11) is 0. The first-order chi connectivity index (χ1) is 9.00. The molecule has 1 atom stereocenters. The molecule has 1 aromatic rings. The van der Waals surface area contributed by atoms with Crippen LogP contribution in [0.15, 0.2) is 18.2 Å². The van der Waals surface area contributed by atoms with Gasteiger partial charge in [-0.2, -0.15) is 0 Å². The van der Waals surface area contributed by atoms with Crippen LogP contribution in [0.5, 0.6) is 0 Å². The van der Waals surface area contributed by atoms with Crippen molar-refractivity contribution in [3.63, 3.8) is 0 Å². The predicted molar refractivity (Wildman–Crippen MR) is 81.1 cm³/mol. The van der Waals surface area contributed by atoms with Crippen molar-refractivity contribution in [3.05, 3.63) is 33.8 Å². The van der Waals surface area contributed by atoms with Crippen LogP contribution in [0.1, 0.15) is 39.2 Å². The summed E-state index contributed by atoms with van der Waals surface area (Å²) >= 11 is 12.2. The van der Waals surface area contributed by atoms with Gasteiger partial charge in [-0.15, -0.1) is 0 Å². The van der Waals surface area contributed by atoms with E-state index < -0.39 is 11.7 Å². The van der Waals surface area contributed by atoms with Crippen LogP contribution < -0.4 is 0 Å². The predicted octanol–water partition coefficient (Wildman–Crippen LogP) is 4.49. The van der Waals surface area contributed by atoms with Crippen molar-refractivity contribution in [2.75, 3.05) is 6.61 Å². The minimum absolute atomic E-state index is 0.446. The number of ether oxygens (including phenoxy) is 1. The molecule has 0 aliphatic carbocycles. The molecule has 0 aromatic heterocycles. The minimum Gasteiger partial charge on any atom is -0.390 e. The normalized spacial score (nSPS) is 13.6. The van der Waals surface area contributed by atoms with E-state index in [1.54, 1.807) is 6.07 Å². The number of aliphatic hydroxyl groups is 1. The lowest BCUT2D eigenvalue weighted by Crippen LogP contribution is -2.45. The zero-order valence-electron chi connectivity index (χ0n) is 11.7. The van der Waals surface area contributed by atoms with Gasteiger partial charge in [0, 0.05) is 13.0 Å². The minimum atomic E-state index is -0.599. The van der Waals surface area contributed by atoms with Gasteiger partial charge in [0.1, 0.15) is 0 Å². The molecule has 0 fully saturated rings. The van der Waals surface area contributed by atoms with Crippen LogP contribution in [0.3, 0.4) is 0 Å². The smallest absolute Gasteiger partial charge is 0.0938 e. The molecule has 0 saturated heterocycles. The van der Waals surface area contributed by atoms with Gasteiger partial charge < -0.3 is 9.84 Å². The van der Waals surface area contributed by atoms with Gasteiger partial charge in [0.15, 0.2) is 0 Å². The van der Waals surface area contributed by atoms with E-state index in [1.807, 2.05) is 32.9 Å². The van der Waals surface area contributed by atoms with Crippen molar-refractivity contribution >= 4 is 23.2 Å². The molecule has 4 heteroatoms. The van der Waals surface area contributed by atoms with E-state index in [0.29, 0.717) is 23.1 Å². The van der Waals surface area contributed by atoms with Crippen LogP contribution in [0.4, 0.5) is 0 Å². The first kappa shape index (κ1) is 16.8. The Morgan fingerprint density at radius 1 is 1.21 bits per heavy atom. The van der Waals surface area contributed by atoms with Crippen molar-refractivity contribution in [1.29, 1.82) is 0 Å². The average Bonchev–Trinajstić information content (AvgIpc) is 2.41. The Bertz CT molecular complexity index is 403. The fourth-order valence-corrected chi connectivity index (χ4v) is 2.81. The summed E-state index contributed by atoms with van der Waals surface area (Å²) in [6.07, 6.45) is 1.37.